The van der Waals surface area contributed by atoms with Crippen molar-refractivity contribution >= 4 is 10.0 Å². The Balaban J connectivity index is 2.31. The van der Waals surface area contributed by atoms with E-state index < -0.39 is 15.8 Å². The van der Waals surface area contributed by atoms with E-state index in [0.717, 1.165) is 38.1 Å². The highest BCUT2D eigenvalue weighted by molar-refractivity contribution is 7.89. The molecule has 1 fully saturated rings. The van der Waals surface area contributed by atoms with Crippen molar-refractivity contribution < 1.29 is 12.8 Å². The van der Waals surface area contributed by atoms with Crippen LogP contribution >= 0.6 is 0 Å². The fourth-order valence-corrected chi connectivity index (χ4v) is 4.19. The van der Waals surface area contributed by atoms with Crippen molar-refractivity contribution in [3.05, 3.63) is 24.3 Å². The summed E-state index contributed by atoms with van der Waals surface area (Å²) >= 11 is 0. The van der Waals surface area contributed by atoms with Crippen LogP contribution in [0.15, 0.2) is 23.4 Å². The third kappa shape index (κ3) is 3.34. The molecule has 2 heterocycles. The first-order valence-corrected chi connectivity index (χ1v) is 8.33. The monoisotopic (exact) mass is 301 g/mol. The summed E-state index contributed by atoms with van der Waals surface area (Å²) in [6.45, 7) is 3.92. The van der Waals surface area contributed by atoms with E-state index in [1.807, 2.05) is 6.92 Å². The number of hydrogen-bond donors (Lipinski definition) is 1. The first kappa shape index (κ1) is 15.3. The molecule has 112 valence electrons. The lowest BCUT2D eigenvalue weighted by Gasteiger charge is -2.33. The van der Waals surface area contributed by atoms with Crippen molar-refractivity contribution in [2.45, 2.75) is 37.1 Å². The number of sulfonamides is 1. The molecule has 0 aliphatic carbocycles. The summed E-state index contributed by atoms with van der Waals surface area (Å²) in [5, 5.41) is 3.21. The molecule has 0 radical (unpaired) electrons. The van der Waals surface area contributed by atoms with Crippen LogP contribution in [0.4, 0.5) is 4.39 Å². The molecular weight excluding hydrogens is 281 g/mol. The van der Waals surface area contributed by atoms with Crippen LogP contribution in [0.2, 0.25) is 0 Å². The number of nitrogens with zero attached hydrogens (tertiary/aromatic N) is 2. The van der Waals surface area contributed by atoms with Gasteiger partial charge in [0.25, 0.3) is 0 Å². The van der Waals surface area contributed by atoms with Gasteiger partial charge in [-0.15, -0.1) is 0 Å². The number of hydrogen-bond acceptors (Lipinski definition) is 4. The lowest BCUT2D eigenvalue weighted by Crippen LogP contribution is -2.48. The van der Waals surface area contributed by atoms with Gasteiger partial charge in [0.2, 0.25) is 10.0 Å². The van der Waals surface area contributed by atoms with E-state index in [1.165, 1.54) is 10.5 Å². The van der Waals surface area contributed by atoms with Gasteiger partial charge >= 0.3 is 0 Å². The lowest BCUT2D eigenvalue weighted by atomic mass is 10.1. The maximum Gasteiger partial charge on any atom is 0.245 e. The van der Waals surface area contributed by atoms with Crippen molar-refractivity contribution in [2.75, 3.05) is 19.6 Å². The molecule has 1 atom stereocenters. The van der Waals surface area contributed by atoms with E-state index in [0.29, 0.717) is 13.1 Å². The molecule has 1 aliphatic rings. The van der Waals surface area contributed by atoms with E-state index in [1.54, 1.807) is 0 Å². The lowest BCUT2D eigenvalue weighted by molar-refractivity contribution is 0.266. The van der Waals surface area contributed by atoms with E-state index in [9.17, 15) is 12.8 Å². The number of nitrogens with one attached hydrogen (secondary N) is 1. The highest BCUT2D eigenvalue weighted by Gasteiger charge is 2.32. The fourth-order valence-electron chi connectivity index (χ4n) is 2.47. The van der Waals surface area contributed by atoms with Crippen LogP contribution in [0.25, 0.3) is 0 Å². The zero-order valence-corrected chi connectivity index (χ0v) is 12.4. The average molecular weight is 301 g/mol. The molecule has 1 saturated heterocycles. The Labute approximate surface area is 119 Å². The van der Waals surface area contributed by atoms with Crippen LogP contribution in [0.5, 0.6) is 0 Å². The van der Waals surface area contributed by atoms with Crippen LogP contribution < -0.4 is 5.32 Å². The Morgan fingerprint density at radius 3 is 2.90 bits per heavy atom. The molecule has 1 unspecified atom stereocenters. The largest absolute Gasteiger partial charge is 0.315 e. The molecule has 20 heavy (non-hydrogen) atoms. The summed E-state index contributed by atoms with van der Waals surface area (Å²) in [5.41, 5.74) is 0. The quantitative estimate of drug-likeness (QED) is 0.892. The summed E-state index contributed by atoms with van der Waals surface area (Å²) in [4.78, 5) is 3.57. The number of pyridine rings is 1. The Morgan fingerprint density at radius 2 is 2.30 bits per heavy atom. The highest BCUT2D eigenvalue weighted by Crippen LogP contribution is 2.21. The average Bonchev–Trinajstić information content (AvgIpc) is 2.45. The molecule has 0 bridgehead atoms. The minimum Gasteiger partial charge on any atom is -0.315 e. The van der Waals surface area contributed by atoms with Crippen molar-refractivity contribution in [2.24, 2.45) is 0 Å². The smallest absolute Gasteiger partial charge is 0.245 e. The van der Waals surface area contributed by atoms with Crippen LogP contribution in [0.3, 0.4) is 0 Å². The van der Waals surface area contributed by atoms with E-state index in [4.69, 9.17) is 0 Å². The molecule has 2 rings (SSSR count). The predicted octanol–water partition coefficient (Wildman–Crippen LogP) is 1.37. The number of piperidine rings is 1. The topological polar surface area (TPSA) is 62.3 Å². The van der Waals surface area contributed by atoms with Crippen molar-refractivity contribution in [3.8, 4) is 0 Å². The van der Waals surface area contributed by atoms with Gasteiger partial charge in [-0.3, -0.25) is 4.98 Å². The summed E-state index contributed by atoms with van der Waals surface area (Å²) < 4.78 is 40.0. The second-order valence-electron chi connectivity index (χ2n) is 4.95. The summed E-state index contributed by atoms with van der Waals surface area (Å²) in [5.74, 6) is -0.635. The molecule has 0 amide bonds. The third-order valence-corrected chi connectivity index (χ3v) is 5.33. The van der Waals surface area contributed by atoms with E-state index in [-0.39, 0.29) is 10.9 Å². The van der Waals surface area contributed by atoms with Crippen LogP contribution in [0, 0.1) is 5.82 Å². The molecule has 5 nitrogen and oxygen atoms in total. The maximum atomic E-state index is 13.2. The minimum atomic E-state index is -3.69. The van der Waals surface area contributed by atoms with E-state index >= 15 is 0 Å². The van der Waals surface area contributed by atoms with Crippen LogP contribution in [-0.4, -0.2) is 43.4 Å². The standard InChI is InChI=1S/C13H20FN3O2S/c1-2-6-17(12-4-3-5-15-9-12)20(18,19)13-7-11(14)8-16-10-13/h7-8,10,12,15H,2-6,9H2,1H3. The third-order valence-electron chi connectivity index (χ3n) is 3.41. The van der Waals surface area contributed by atoms with Gasteiger partial charge in [0.15, 0.2) is 0 Å². The van der Waals surface area contributed by atoms with Gasteiger partial charge < -0.3 is 5.32 Å². The van der Waals surface area contributed by atoms with Gasteiger partial charge in [0.1, 0.15) is 10.7 Å². The second kappa shape index (κ2) is 6.60. The fraction of sp³-hybridized carbons (Fsp3) is 0.615. The van der Waals surface area contributed by atoms with Gasteiger partial charge in [-0.05, 0) is 31.9 Å². The normalized spacial score (nSPS) is 20.2. The van der Waals surface area contributed by atoms with Crippen LogP contribution in [-0.2, 0) is 10.0 Å². The molecule has 1 aromatic heterocycles. The first-order chi connectivity index (χ1) is 9.55. The molecule has 1 aromatic rings. The Bertz CT molecular complexity index is 544. The number of aromatic nitrogens is 1. The molecule has 1 N–H and O–H groups in total. The predicted molar refractivity (Wildman–Crippen MR) is 74.3 cm³/mol. The van der Waals surface area contributed by atoms with Gasteiger partial charge in [0, 0.05) is 25.3 Å². The van der Waals surface area contributed by atoms with Crippen molar-refractivity contribution in [1.82, 2.24) is 14.6 Å². The van der Waals surface area contributed by atoms with E-state index in [2.05, 4.69) is 10.3 Å². The highest BCUT2D eigenvalue weighted by atomic mass is 32.2. The van der Waals surface area contributed by atoms with Gasteiger partial charge in [-0.25, -0.2) is 12.8 Å². The van der Waals surface area contributed by atoms with Crippen molar-refractivity contribution in [3.63, 3.8) is 0 Å². The van der Waals surface area contributed by atoms with Gasteiger partial charge in [0.05, 0.1) is 6.20 Å². The van der Waals surface area contributed by atoms with Gasteiger partial charge in [-0.1, -0.05) is 6.92 Å². The number of halogens is 1. The Morgan fingerprint density at radius 1 is 1.50 bits per heavy atom. The molecule has 0 aromatic carbocycles. The molecule has 0 spiro atoms. The zero-order chi connectivity index (χ0) is 14.6. The SMILES string of the molecule is CCCN(C1CCCNC1)S(=O)(=O)c1cncc(F)c1. The first-order valence-electron chi connectivity index (χ1n) is 6.89. The molecule has 0 saturated carbocycles. The van der Waals surface area contributed by atoms with Gasteiger partial charge in [-0.2, -0.15) is 4.31 Å². The van der Waals surface area contributed by atoms with Crippen LogP contribution in [0.1, 0.15) is 26.2 Å². The number of rotatable bonds is 5. The maximum absolute atomic E-state index is 13.2. The summed E-state index contributed by atoms with van der Waals surface area (Å²) in [6, 6.07) is 0.957. The van der Waals surface area contributed by atoms with Crippen molar-refractivity contribution in [1.29, 1.82) is 0 Å². The summed E-state index contributed by atoms with van der Waals surface area (Å²) in [6.07, 6.45) is 4.71. The summed E-state index contributed by atoms with van der Waals surface area (Å²) in [7, 11) is -3.69. The zero-order valence-electron chi connectivity index (χ0n) is 11.5. The molecular formula is C13H20FN3O2S. The minimum absolute atomic E-state index is 0.0723. The second-order valence-corrected chi connectivity index (χ2v) is 6.85. The Kier molecular flexibility index (Phi) is 5.06. The molecule has 1 aliphatic heterocycles. The Hall–Kier alpha value is -1.05. The molecule has 7 heteroatoms.